The van der Waals surface area contributed by atoms with Gasteiger partial charge in [0, 0.05) is 5.56 Å². The van der Waals surface area contributed by atoms with Gasteiger partial charge in [-0.1, -0.05) is 22.9 Å². The molecule has 0 aliphatic carbocycles. The molecule has 0 N–H and O–H groups in total. The van der Waals surface area contributed by atoms with Crippen LogP contribution in [0.25, 0.3) is 0 Å². The molecule has 0 saturated heterocycles. The fraction of sp³-hybridized carbons (Fsp3) is 0.412. The van der Waals surface area contributed by atoms with Crippen LogP contribution in [-0.2, 0) is 6.42 Å². The van der Waals surface area contributed by atoms with E-state index in [4.69, 9.17) is 4.52 Å². The van der Waals surface area contributed by atoms with Gasteiger partial charge >= 0.3 is 0 Å². The highest BCUT2D eigenvalue weighted by molar-refractivity contribution is 5.43. The fourth-order valence-corrected chi connectivity index (χ4v) is 2.95. The third-order valence-electron chi connectivity index (χ3n) is 3.83. The SMILES string of the molecule is Cc1cc(C)c(C(C#N)Cc2c(C)noc2C)c(C)c1. The minimum atomic E-state index is -0.160. The highest BCUT2D eigenvalue weighted by Gasteiger charge is 2.20. The Kier molecular flexibility index (Phi) is 3.94. The number of rotatable bonds is 3. The van der Waals surface area contributed by atoms with Gasteiger partial charge in [0.25, 0.3) is 0 Å². The maximum atomic E-state index is 9.58. The summed E-state index contributed by atoms with van der Waals surface area (Å²) in [7, 11) is 0. The van der Waals surface area contributed by atoms with Gasteiger partial charge in [-0.3, -0.25) is 0 Å². The summed E-state index contributed by atoms with van der Waals surface area (Å²) in [6.07, 6.45) is 0.655. The molecule has 3 heteroatoms. The molecule has 0 aliphatic heterocycles. The minimum Gasteiger partial charge on any atom is -0.361 e. The standard InChI is InChI=1S/C17H20N2O/c1-10-6-11(2)17(12(3)7-10)15(9-18)8-16-13(4)19-20-14(16)5/h6-7,15H,8H2,1-5H3. The Morgan fingerprint density at radius 1 is 1.15 bits per heavy atom. The average Bonchev–Trinajstić information content (AvgIpc) is 2.67. The quantitative estimate of drug-likeness (QED) is 0.843. The zero-order valence-electron chi connectivity index (χ0n) is 12.7. The van der Waals surface area contributed by atoms with Crippen LogP contribution in [0.2, 0.25) is 0 Å². The van der Waals surface area contributed by atoms with E-state index < -0.39 is 0 Å². The van der Waals surface area contributed by atoms with Gasteiger partial charge in [0.1, 0.15) is 5.76 Å². The van der Waals surface area contributed by atoms with E-state index in [1.54, 1.807) is 0 Å². The smallest absolute Gasteiger partial charge is 0.137 e. The number of aryl methyl sites for hydroxylation is 5. The summed E-state index contributed by atoms with van der Waals surface area (Å²) < 4.78 is 5.20. The van der Waals surface area contributed by atoms with Crippen molar-refractivity contribution in [1.82, 2.24) is 5.16 Å². The highest BCUT2D eigenvalue weighted by Crippen LogP contribution is 2.29. The Hall–Kier alpha value is -2.08. The van der Waals surface area contributed by atoms with Crippen molar-refractivity contribution in [2.24, 2.45) is 0 Å². The Balaban J connectivity index is 2.42. The number of benzene rings is 1. The lowest BCUT2D eigenvalue weighted by atomic mass is 9.86. The molecule has 0 saturated carbocycles. The molecule has 0 radical (unpaired) electrons. The molecule has 2 aromatic rings. The molecular weight excluding hydrogens is 248 g/mol. The van der Waals surface area contributed by atoms with Crippen molar-refractivity contribution in [3.63, 3.8) is 0 Å². The van der Waals surface area contributed by atoms with Crippen molar-refractivity contribution in [2.75, 3.05) is 0 Å². The van der Waals surface area contributed by atoms with Crippen molar-refractivity contribution < 1.29 is 4.52 Å². The van der Waals surface area contributed by atoms with Gasteiger partial charge in [0.2, 0.25) is 0 Å². The third kappa shape index (κ3) is 2.60. The number of nitrogens with zero attached hydrogens (tertiary/aromatic N) is 2. The van der Waals surface area contributed by atoms with Gasteiger partial charge in [0.15, 0.2) is 0 Å². The van der Waals surface area contributed by atoms with Gasteiger partial charge in [0.05, 0.1) is 17.7 Å². The molecule has 1 unspecified atom stereocenters. The van der Waals surface area contributed by atoms with Gasteiger partial charge in [-0.25, -0.2) is 0 Å². The second-order valence-corrected chi connectivity index (χ2v) is 5.50. The highest BCUT2D eigenvalue weighted by atomic mass is 16.5. The van der Waals surface area contributed by atoms with Crippen molar-refractivity contribution in [3.05, 3.63) is 51.4 Å². The van der Waals surface area contributed by atoms with E-state index >= 15 is 0 Å². The van der Waals surface area contributed by atoms with E-state index in [1.807, 2.05) is 13.8 Å². The first kappa shape index (κ1) is 14.3. The molecule has 20 heavy (non-hydrogen) atoms. The molecule has 1 aromatic heterocycles. The first-order valence-electron chi connectivity index (χ1n) is 6.83. The second kappa shape index (κ2) is 5.50. The van der Waals surface area contributed by atoms with Crippen molar-refractivity contribution >= 4 is 0 Å². The maximum Gasteiger partial charge on any atom is 0.137 e. The predicted molar refractivity (Wildman–Crippen MR) is 78.7 cm³/mol. The average molecular weight is 268 g/mol. The molecular formula is C17H20N2O. The molecule has 3 nitrogen and oxygen atoms in total. The van der Waals surface area contributed by atoms with Crippen LogP contribution < -0.4 is 0 Å². The van der Waals surface area contributed by atoms with Gasteiger partial charge in [-0.05, 0) is 57.7 Å². The predicted octanol–water partition coefficient (Wildman–Crippen LogP) is 4.07. The van der Waals surface area contributed by atoms with E-state index in [2.05, 4.69) is 44.1 Å². The molecule has 104 valence electrons. The van der Waals surface area contributed by atoms with E-state index in [1.165, 1.54) is 16.7 Å². The van der Waals surface area contributed by atoms with Crippen LogP contribution in [0.4, 0.5) is 0 Å². The van der Waals surface area contributed by atoms with Crippen LogP contribution in [0.5, 0.6) is 0 Å². The zero-order chi connectivity index (χ0) is 14.9. The van der Waals surface area contributed by atoms with Crippen LogP contribution >= 0.6 is 0 Å². The Morgan fingerprint density at radius 3 is 2.20 bits per heavy atom. The number of hydrogen-bond donors (Lipinski definition) is 0. The fourth-order valence-electron chi connectivity index (χ4n) is 2.95. The Morgan fingerprint density at radius 2 is 1.75 bits per heavy atom. The number of aromatic nitrogens is 1. The third-order valence-corrected chi connectivity index (χ3v) is 3.83. The Bertz CT molecular complexity index is 634. The largest absolute Gasteiger partial charge is 0.361 e. The monoisotopic (exact) mass is 268 g/mol. The summed E-state index contributed by atoms with van der Waals surface area (Å²) in [6.45, 7) is 10.1. The molecule has 0 fully saturated rings. The van der Waals surface area contributed by atoms with Crippen molar-refractivity contribution in [2.45, 2.75) is 47.0 Å². The van der Waals surface area contributed by atoms with Gasteiger partial charge in [-0.2, -0.15) is 5.26 Å². The molecule has 0 amide bonds. The molecule has 0 bridgehead atoms. The number of hydrogen-bond acceptors (Lipinski definition) is 3. The topological polar surface area (TPSA) is 49.8 Å². The molecule has 0 spiro atoms. The summed E-state index contributed by atoms with van der Waals surface area (Å²) in [5, 5.41) is 13.5. The molecule has 2 rings (SSSR count). The molecule has 1 aromatic carbocycles. The normalized spacial score (nSPS) is 12.2. The van der Waals surface area contributed by atoms with Gasteiger partial charge < -0.3 is 4.52 Å². The van der Waals surface area contributed by atoms with Crippen LogP contribution in [0.1, 0.15) is 45.2 Å². The first-order chi connectivity index (χ1) is 9.43. The van der Waals surface area contributed by atoms with Crippen LogP contribution in [-0.4, -0.2) is 5.16 Å². The van der Waals surface area contributed by atoms with E-state index in [0.29, 0.717) is 6.42 Å². The van der Waals surface area contributed by atoms with E-state index in [-0.39, 0.29) is 5.92 Å². The maximum absolute atomic E-state index is 9.58. The van der Waals surface area contributed by atoms with Crippen LogP contribution in [0.3, 0.4) is 0 Å². The zero-order valence-corrected chi connectivity index (χ0v) is 12.7. The van der Waals surface area contributed by atoms with E-state index in [0.717, 1.165) is 22.6 Å². The Labute approximate surface area is 120 Å². The van der Waals surface area contributed by atoms with Crippen molar-refractivity contribution in [1.29, 1.82) is 5.26 Å². The van der Waals surface area contributed by atoms with Gasteiger partial charge in [-0.15, -0.1) is 0 Å². The second-order valence-electron chi connectivity index (χ2n) is 5.50. The lowest BCUT2D eigenvalue weighted by molar-refractivity contribution is 0.392. The minimum absolute atomic E-state index is 0.160. The summed E-state index contributed by atoms with van der Waals surface area (Å²) in [5.74, 6) is 0.651. The van der Waals surface area contributed by atoms with Crippen LogP contribution in [0, 0.1) is 45.9 Å². The molecule has 1 atom stereocenters. The van der Waals surface area contributed by atoms with E-state index in [9.17, 15) is 5.26 Å². The lowest BCUT2D eigenvalue weighted by Gasteiger charge is -2.16. The first-order valence-corrected chi connectivity index (χ1v) is 6.83. The summed E-state index contributed by atoms with van der Waals surface area (Å²) in [5.41, 5.74) is 6.67. The van der Waals surface area contributed by atoms with Crippen LogP contribution in [0.15, 0.2) is 16.7 Å². The summed E-state index contributed by atoms with van der Waals surface area (Å²) >= 11 is 0. The molecule has 0 aliphatic rings. The number of nitriles is 1. The van der Waals surface area contributed by atoms with Crippen molar-refractivity contribution in [3.8, 4) is 6.07 Å². The summed E-state index contributed by atoms with van der Waals surface area (Å²) in [4.78, 5) is 0. The lowest BCUT2D eigenvalue weighted by Crippen LogP contribution is -2.06. The summed E-state index contributed by atoms with van der Waals surface area (Å²) in [6, 6.07) is 6.72. The molecule has 1 heterocycles.